The Labute approximate surface area is 109 Å². The number of hydrogen-bond donors (Lipinski definition) is 1. The molecule has 0 aromatic heterocycles. The van der Waals surface area contributed by atoms with Gasteiger partial charge in [0.25, 0.3) is 0 Å². The summed E-state index contributed by atoms with van der Waals surface area (Å²) in [4.78, 5) is 13.7. The lowest BCUT2D eigenvalue weighted by molar-refractivity contribution is -0.146. The molecule has 0 aliphatic carbocycles. The Kier molecular flexibility index (Phi) is 7.64. The summed E-state index contributed by atoms with van der Waals surface area (Å²) in [6.45, 7) is 5.26. The van der Waals surface area contributed by atoms with Gasteiger partial charge in [-0.2, -0.15) is 0 Å². The second kappa shape index (κ2) is 9.08. The fourth-order valence-electron chi connectivity index (χ4n) is 1.88. The molecular weight excluding hydrogens is 232 g/mol. The summed E-state index contributed by atoms with van der Waals surface area (Å²) in [5.41, 5.74) is 5.66. The zero-order valence-electron chi connectivity index (χ0n) is 11.1. The van der Waals surface area contributed by atoms with Gasteiger partial charge >= 0.3 is 5.97 Å². The smallest absolute Gasteiger partial charge is 0.320 e. The van der Waals surface area contributed by atoms with E-state index in [0.29, 0.717) is 32.9 Å². The van der Waals surface area contributed by atoms with Crippen LogP contribution in [0.5, 0.6) is 0 Å². The maximum absolute atomic E-state index is 11.6. The fraction of sp³-hybridized carbons (Fsp3) is 0.769. The molecular formula is C13H24N2O3. The Morgan fingerprint density at radius 1 is 1.44 bits per heavy atom. The van der Waals surface area contributed by atoms with Gasteiger partial charge in [-0.15, -0.1) is 0 Å². The summed E-state index contributed by atoms with van der Waals surface area (Å²) in [5, 5.41) is 0. The Hall–Kier alpha value is -0.910. The van der Waals surface area contributed by atoms with Crippen LogP contribution in [-0.4, -0.2) is 56.4 Å². The molecule has 1 heterocycles. The number of carbonyl (C=O) groups excluding carboxylic acids is 1. The number of carbonyl (C=O) groups is 1. The van der Waals surface area contributed by atoms with E-state index in [9.17, 15) is 4.79 Å². The average molecular weight is 256 g/mol. The van der Waals surface area contributed by atoms with Crippen molar-refractivity contribution < 1.29 is 14.3 Å². The van der Waals surface area contributed by atoms with Crippen molar-refractivity contribution in [1.29, 1.82) is 0 Å². The predicted molar refractivity (Wildman–Crippen MR) is 70.2 cm³/mol. The highest BCUT2D eigenvalue weighted by atomic mass is 16.6. The van der Waals surface area contributed by atoms with Gasteiger partial charge in [-0.1, -0.05) is 19.1 Å². The monoisotopic (exact) mass is 256 g/mol. The van der Waals surface area contributed by atoms with Crippen molar-refractivity contribution in [2.45, 2.75) is 25.8 Å². The zero-order valence-corrected chi connectivity index (χ0v) is 11.1. The van der Waals surface area contributed by atoms with Gasteiger partial charge in [0.1, 0.15) is 6.61 Å². The Morgan fingerprint density at radius 3 is 3.00 bits per heavy atom. The van der Waals surface area contributed by atoms with E-state index in [4.69, 9.17) is 15.2 Å². The topological polar surface area (TPSA) is 64.8 Å². The van der Waals surface area contributed by atoms with Crippen LogP contribution in [0.15, 0.2) is 12.2 Å². The third-order valence-electron chi connectivity index (χ3n) is 2.82. The molecule has 0 saturated heterocycles. The van der Waals surface area contributed by atoms with E-state index in [1.165, 1.54) is 0 Å². The van der Waals surface area contributed by atoms with E-state index >= 15 is 0 Å². The SMILES string of the molecule is CCCOCCOC(=O)CN1CCC=CC1CN. The van der Waals surface area contributed by atoms with Crippen LogP contribution >= 0.6 is 0 Å². The molecule has 104 valence electrons. The van der Waals surface area contributed by atoms with E-state index in [1.54, 1.807) is 0 Å². The normalized spacial score (nSPS) is 20.0. The molecule has 0 spiro atoms. The third kappa shape index (κ3) is 5.62. The maximum Gasteiger partial charge on any atom is 0.320 e. The number of esters is 1. The Morgan fingerprint density at radius 2 is 2.28 bits per heavy atom. The molecule has 1 aliphatic rings. The minimum Gasteiger partial charge on any atom is -0.462 e. The van der Waals surface area contributed by atoms with Gasteiger partial charge in [-0.3, -0.25) is 9.69 Å². The van der Waals surface area contributed by atoms with Crippen molar-refractivity contribution in [3.8, 4) is 0 Å². The quantitative estimate of drug-likeness (QED) is 0.390. The molecule has 5 heteroatoms. The second-order valence-electron chi connectivity index (χ2n) is 4.32. The first-order valence-electron chi connectivity index (χ1n) is 6.62. The molecule has 18 heavy (non-hydrogen) atoms. The summed E-state index contributed by atoms with van der Waals surface area (Å²) < 4.78 is 10.4. The zero-order chi connectivity index (χ0) is 13.2. The second-order valence-corrected chi connectivity index (χ2v) is 4.32. The molecule has 0 fully saturated rings. The molecule has 1 aliphatic heterocycles. The Bertz CT molecular complexity index is 269. The van der Waals surface area contributed by atoms with E-state index in [0.717, 1.165) is 19.4 Å². The molecule has 5 nitrogen and oxygen atoms in total. The first-order valence-corrected chi connectivity index (χ1v) is 6.62. The van der Waals surface area contributed by atoms with Gasteiger partial charge in [-0.25, -0.2) is 0 Å². The van der Waals surface area contributed by atoms with Gasteiger partial charge in [0.2, 0.25) is 0 Å². The van der Waals surface area contributed by atoms with Crippen molar-refractivity contribution in [3.63, 3.8) is 0 Å². The minimum absolute atomic E-state index is 0.155. The van der Waals surface area contributed by atoms with E-state index in [-0.39, 0.29) is 12.0 Å². The van der Waals surface area contributed by atoms with Gasteiger partial charge in [0.05, 0.1) is 13.2 Å². The summed E-state index contributed by atoms with van der Waals surface area (Å²) in [6.07, 6.45) is 6.11. The van der Waals surface area contributed by atoms with Crippen LogP contribution in [0.2, 0.25) is 0 Å². The number of rotatable bonds is 8. The van der Waals surface area contributed by atoms with Crippen molar-refractivity contribution in [1.82, 2.24) is 4.90 Å². The van der Waals surface area contributed by atoms with Crippen molar-refractivity contribution in [2.24, 2.45) is 5.73 Å². The first kappa shape index (κ1) is 15.1. The summed E-state index contributed by atoms with van der Waals surface area (Å²) >= 11 is 0. The highest BCUT2D eigenvalue weighted by Gasteiger charge is 2.20. The molecule has 0 saturated carbocycles. The van der Waals surface area contributed by atoms with Crippen LogP contribution < -0.4 is 5.73 Å². The van der Waals surface area contributed by atoms with Gasteiger partial charge < -0.3 is 15.2 Å². The number of hydrogen-bond acceptors (Lipinski definition) is 5. The lowest BCUT2D eigenvalue weighted by Gasteiger charge is -2.30. The summed E-state index contributed by atoms with van der Waals surface area (Å²) in [5.74, 6) is -0.205. The highest BCUT2D eigenvalue weighted by molar-refractivity contribution is 5.71. The van der Waals surface area contributed by atoms with E-state index in [1.807, 2.05) is 6.92 Å². The van der Waals surface area contributed by atoms with Crippen LogP contribution in [0.4, 0.5) is 0 Å². The van der Waals surface area contributed by atoms with E-state index in [2.05, 4.69) is 17.1 Å². The highest BCUT2D eigenvalue weighted by Crippen LogP contribution is 2.08. The molecule has 0 bridgehead atoms. The van der Waals surface area contributed by atoms with Crippen LogP contribution in [-0.2, 0) is 14.3 Å². The van der Waals surface area contributed by atoms with Gasteiger partial charge in [-0.05, 0) is 12.8 Å². The van der Waals surface area contributed by atoms with Crippen molar-refractivity contribution >= 4 is 5.97 Å². The molecule has 1 atom stereocenters. The van der Waals surface area contributed by atoms with Gasteiger partial charge in [0, 0.05) is 25.7 Å². The van der Waals surface area contributed by atoms with Crippen molar-refractivity contribution in [2.75, 3.05) is 39.5 Å². The van der Waals surface area contributed by atoms with Crippen LogP contribution in [0.3, 0.4) is 0 Å². The number of nitrogens with zero attached hydrogens (tertiary/aromatic N) is 1. The molecule has 0 aromatic rings. The van der Waals surface area contributed by atoms with Crippen LogP contribution in [0.1, 0.15) is 19.8 Å². The number of ether oxygens (including phenoxy) is 2. The average Bonchev–Trinajstić information content (AvgIpc) is 2.39. The molecule has 2 N–H and O–H groups in total. The fourth-order valence-corrected chi connectivity index (χ4v) is 1.88. The van der Waals surface area contributed by atoms with Crippen LogP contribution in [0.25, 0.3) is 0 Å². The van der Waals surface area contributed by atoms with Crippen molar-refractivity contribution in [3.05, 3.63) is 12.2 Å². The van der Waals surface area contributed by atoms with E-state index < -0.39 is 0 Å². The van der Waals surface area contributed by atoms with Crippen LogP contribution in [0, 0.1) is 0 Å². The molecule has 0 aromatic carbocycles. The van der Waals surface area contributed by atoms with Gasteiger partial charge in [0.15, 0.2) is 0 Å². The standard InChI is InChI=1S/C13H24N2O3/c1-2-7-17-8-9-18-13(16)11-15-6-4-3-5-12(15)10-14/h3,5,12H,2,4,6-11,14H2,1H3. The summed E-state index contributed by atoms with van der Waals surface area (Å²) in [6, 6.07) is 0.155. The minimum atomic E-state index is -0.205. The first-order chi connectivity index (χ1) is 8.77. The summed E-state index contributed by atoms with van der Waals surface area (Å²) in [7, 11) is 0. The number of nitrogens with two attached hydrogens (primary N) is 1. The lowest BCUT2D eigenvalue weighted by Crippen LogP contribution is -2.44. The Balaban J connectivity index is 2.17. The predicted octanol–water partition coefficient (Wildman–Crippen LogP) is 0.545. The largest absolute Gasteiger partial charge is 0.462 e. The lowest BCUT2D eigenvalue weighted by atomic mass is 10.1. The molecule has 1 rings (SSSR count). The maximum atomic E-state index is 11.6. The molecule has 0 amide bonds. The molecule has 0 radical (unpaired) electrons. The molecule has 1 unspecified atom stereocenters. The third-order valence-corrected chi connectivity index (χ3v) is 2.82.